The van der Waals surface area contributed by atoms with E-state index >= 15 is 0 Å². The van der Waals surface area contributed by atoms with Gasteiger partial charge in [-0.15, -0.1) is 0 Å². The van der Waals surface area contributed by atoms with Crippen molar-refractivity contribution in [3.8, 4) is 0 Å². The van der Waals surface area contributed by atoms with Crippen LogP contribution < -0.4 is 10.2 Å². The van der Waals surface area contributed by atoms with Gasteiger partial charge in [0.2, 0.25) is 0 Å². The van der Waals surface area contributed by atoms with E-state index in [0.29, 0.717) is 5.41 Å². The number of hydrogen-bond donors (Lipinski definition) is 1. The third-order valence-corrected chi connectivity index (χ3v) is 4.63. The SMILES string of the molecule is CCCC(C)(CNC1CC1)CN(C)c1ccc(C)cc1C. The number of anilines is 1. The summed E-state index contributed by atoms with van der Waals surface area (Å²) >= 11 is 0. The predicted molar refractivity (Wildman–Crippen MR) is 93.2 cm³/mol. The van der Waals surface area contributed by atoms with E-state index in [1.165, 1.54) is 42.5 Å². The van der Waals surface area contributed by atoms with Crippen molar-refractivity contribution in [3.05, 3.63) is 29.3 Å². The summed E-state index contributed by atoms with van der Waals surface area (Å²) in [7, 11) is 2.24. The lowest BCUT2D eigenvalue weighted by Gasteiger charge is -2.36. The van der Waals surface area contributed by atoms with Crippen molar-refractivity contribution < 1.29 is 0 Å². The van der Waals surface area contributed by atoms with Crippen molar-refractivity contribution in [2.75, 3.05) is 25.0 Å². The summed E-state index contributed by atoms with van der Waals surface area (Å²) in [6.45, 7) is 11.4. The van der Waals surface area contributed by atoms with Gasteiger partial charge in [0.25, 0.3) is 0 Å². The van der Waals surface area contributed by atoms with Crippen LogP contribution in [0.15, 0.2) is 18.2 Å². The maximum Gasteiger partial charge on any atom is 0.0393 e. The zero-order chi connectivity index (χ0) is 15.5. The average molecular weight is 288 g/mol. The van der Waals surface area contributed by atoms with Gasteiger partial charge < -0.3 is 10.2 Å². The minimum atomic E-state index is 0.351. The molecule has 1 N–H and O–H groups in total. The predicted octanol–water partition coefficient (Wildman–Crippen LogP) is 4.30. The quantitative estimate of drug-likeness (QED) is 0.767. The molecule has 0 aromatic heterocycles. The van der Waals surface area contributed by atoms with E-state index in [1.54, 1.807) is 0 Å². The highest BCUT2D eigenvalue weighted by molar-refractivity contribution is 5.53. The molecular weight excluding hydrogens is 256 g/mol. The molecule has 0 bridgehead atoms. The highest BCUT2D eigenvalue weighted by Crippen LogP contribution is 2.29. The van der Waals surface area contributed by atoms with Crippen molar-refractivity contribution >= 4 is 5.69 Å². The van der Waals surface area contributed by atoms with Gasteiger partial charge in [0, 0.05) is 31.9 Å². The molecule has 1 aromatic carbocycles. The molecule has 0 amide bonds. The van der Waals surface area contributed by atoms with E-state index in [4.69, 9.17) is 0 Å². The molecule has 0 spiro atoms. The second-order valence-corrected chi connectivity index (χ2v) is 7.36. The third-order valence-electron chi connectivity index (χ3n) is 4.63. The molecule has 0 heterocycles. The first kappa shape index (κ1) is 16.4. The number of aryl methyl sites for hydroxylation is 2. The first-order valence-electron chi connectivity index (χ1n) is 8.45. The molecule has 1 aliphatic carbocycles. The van der Waals surface area contributed by atoms with Gasteiger partial charge in [-0.2, -0.15) is 0 Å². The lowest BCUT2D eigenvalue weighted by atomic mass is 9.84. The summed E-state index contributed by atoms with van der Waals surface area (Å²) in [5.41, 5.74) is 4.45. The van der Waals surface area contributed by atoms with Crippen LogP contribution in [0.25, 0.3) is 0 Å². The van der Waals surface area contributed by atoms with Crippen LogP contribution in [-0.2, 0) is 0 Å². The zero-order valence-corrected chi connectivity index (χ0v) is 14.5. The largest absolute Gasteiger partial charge is 0.374 e. The van der Waals surface area contributed by atoms with Gasteiger partial charge in [0.05, 0.1) is 0 Å². The number of nitrogens with zero attached hydrogens (tertiary/aromatic N) is 1. The maximum atomic E-state index is 3.74. The Bertz CT molecular complexity index is 465. The van der Waals surface area contributed by atoms with Crippen LogP contribution in [0.5, 0.6) is 0 Å². The average Bonchev–Trinajstić information content (AvgIpc) is 3.20. The van der Waals surface area contributed by atoms with Crippen molar-refractivity contribution in [3.63, 3.8) is 0 Å². The van der Waals surface area contributed by atoms with E-state index in [-0.39, 0.29) is 0 Å². The number of benzene rings is 1. The first-order valence-corrected chi connectivity index (χ1v) is 8.45. The molecule has 1 atom stereocenters. The first-order chi connectivity index (χ1) is 9.93. The van der Waals surface area contributed by atoms with Crippen molar-refractivity contribution in [2.45, 2.75) is 59.4 Å². The zero-order valence-electron chi connectivity index (χ0n) is 14.5. The van der Waals surface area contributed by atoms with Gasteiger partial charge in [-0.25, -0.2) is 0 Å². The standard InChI is InChI=1S/C19H32N2/c1-6-11-19(4,13-20-17-8-9-17)14-21(5)18-10-7-15(2)12-16(18)3/h7,10,12,17,20H,6,8-9,11,13-14H2,1-5H3. The highest BCUT2D eigenvalue weighted by atomic mass is 15.1. The second kappa shape index (κ2) is 6.83. The third kappa shape index (κ3) is 4.74. The normalized spacial score (nSPS) is 17.6. The Labute approximate surface area is 130 Å². The molecule has 21 heavy (non-hydrogen) atoms. The van der Waals surface area contributed by atoms with Gasteiger partial charge in [0.15, 0.2) is 0 Å². The van der Waals surface area contributed by atoms with Crippen LogP contribution in [0.2, 0.25) is 0 Å². The topological polar surface area (TPSA) is 15.3 Å². The second-order valence-electron chi connectivity index (χ2n) is 7.36. The van der Waals surface area contributed by atoms with Crippen molar-refractivity contribution in [1.82, 2.24) is 5.32 Å². The van der Waals surface area contributed by atoms with Crippen LogP contribution in [0, 0.1) is 19.3 Å². The Morgan fingerprint density at radius 3 is 2.57 bits per heavy atom. The van der Waals surface area contributed by atoms with Gasteiger partial charge in [-0.05, 0) is 50.2 Å². The summed E-state index contributed by atoms with van der Waals surface area (Å²) in [5, 5.41) is 3.74. The molecule has 0 radical (unpaired) electrons. The van der Waals surface area contributed by atoms with Crippen LogP contribution in [0.3, 0.4) is 0 Å². The minimum absolute atomic E-state index is 0.351. The molecule has 1 saturated carbocycles. The van der Waals surface area contributed by atoms with E-state index < -0.39 is 0 Å². The Balaban J connectivity index is 2.03. The van der Waals surface area contributed by atoms with Gasteiger partial charge >= 0.3 is 0 Å². The highest BCUT2D eigenvalue weighted by Gasteiger charge is 2.29. The number of nitrogens with one attached hydrogen (secondary N) is 1. The Morgan fingerprint density at radius 1 is 1.29 bits per heavy atom. The Kier molecular flexibility index (Phi) is 5.32. The van der Waals surface area contributed by atoms with Gasteiger partial charge in [-0.1, -0.05) is 38.0 Å². The molecule has 1 aliphatic rings. The van der Waals surface area contributed by atoms with Gasteiger partial charge in [0.1, 0.15) is 0 Å². The van der Waals surface area contributed by atoms with Crippen LogP contribution in [0.1, 0.15) is 50.7 Å². The summed E-state index contributed by atoms with van der Waals surface area (Å²) in [5.74, 6) is 0. The summed E-state index contributed by atoms with van der Waals surface area (Å²) in [6, 6.07) is 7.57. The molecule has 1 fully saturated rings. The molecule has 118 valence electrons. The minimum Gasteiger partial charge on any atom is -0.374 e. The van der Waals surface area contributed by atoms with Crippen molar-refractivity contribution in [2.24, 2.45) is 5.41 Å². The van der Waals surface area contributed by atoms with E-state index in [1.807, 2.05) is 0 Å². The fourth-order valence-electron chi connectivity index (χ4n) is 3.40. The monoisotopic (exact) mass is 288 g/mol. The lowest BCUT2D eigenvalue weighted by molar-refractivity contribution is 0.283. The molecule has 2 rings (SSSR count). The van der Waals surface area contributed by atoms with E-state index in [2.05, 4.69) is 63.2 Å². The number of hydrogen-bond acceptors (Lipinski definition) is 2. The molecular formula is C19H32N2. The fourth-order valence-corrected chi connectivity index (χ4v) is 3.40. The lowest BCUT2D eigenvalue weighted by Crippen LogP contribution is -2.42. The fraction of sp³-hybridized carbons (Fsp3) is 0.684. The summed E-state index contributed by atoms with van der Waals surface area (Å²) in [4.78, 5) is 2.44. The summed E-state index contributed by atoms with van der Waals surface area (Å²) in [6.07, 6.45) is 5.27. The van der Waals surface area contributed by atoms with Crippen LogP contribution in [-0.4, -0.2) is 26.2 Å². The number of rotatable bonds is 8. The molecule has 0 aliphatic heterocycles. The van der Waals surface area contributed by atoms with Gasteiger partial charge in [-0.3, -0.25) is 0 Å². The molecule has 2 nitrogen and oxygen atoms in total. The van der Waals surface area contributed by atoms with Crippen LogP contribution in [0.4, 0.5) is 5.69 Å². The van der Waals surface area contributed by atoms with E-state index in [0.717, 1.165) is 19.1 Å². The summed E-state index contributed by atoms with van der Waals surface area (Å²) < 4.78 is 0. The smallest absolute Gasteiger partial charge is 0.0393 e. The Morgan fingerprint density at radius 2 is 2.00 bits per heavy atom. The molecule has 1 aromatic rings. The molecule has 0 saturated heterocycles. The molecule has 1 unspecified atom stereocenters. The Hall–Kier alpha value is -1.02. The van der Waals surface area contributed by atoms with Crippen molar-refractivity contribution in [1.29, 1.82) is 0 Å². The molecule has 2 heteroatoms. The van der Waals surface area contributed by atoms with Crippen LogP contribution >= 0.6 is 0 Å². The van der Waals surface area contributed by atoms with E-state index in [9.17, 15) is 0 Å². The maximum absolute atomic E-state index is 3.74.